The molecule has 0 saturated carbocycles. The van der Waals surface area contributed by atoms with Gasteiger partial charge in [-0.1, -0.05) is 39.8 Å². The third-order valence-corrected chi connectivity index (χ3v) is 2.39. The molecule has 0 saturated heterocycles. The van der Waals surface area contributed by atoms with Crippen molar-refractivity contribution >= 4 is 0 Å². The number of hydrogen-bond donors (Lipinski definition) is 0. The van der Waals surface area contributed by atoms with Gasteiger partial charge in [0, 0.05) is 17.4 Å². The number of rotatable bonds is 2. The zero-order chi connectivity index (χ0) is 10.1. The van der Waals surface area contributed by atoms with Crippen LogP contribution in [0.4, 0.5) is 0 Å². The van der Waals surface area contributed by atoms with E-state index in [4.69, 9.17) is 4.52 Å². The third-order valence-electron chi connectivity index (χ3n) is 2.39. The zero-order valence-corrected chi connectivity index (χ0v) is 9.22. The zero-order valence-electron chi connectivity index (χ0n) is 9.22. The van der Waals surface area contributed by atoms with Crippen LogP contribution in [0.15, 0.2) is 10.6 Å². The molecule has 0 N–H and O–H groups in total. The summed E-state index contributed by atoms with van der Waals surface area (Å²) < 4.78 is 5.29. The molecule has 2 heteroatoms. The first kappa shape index (κ1) is 10.3. The standard InChI is InChI=1S/C11H19NO/c1-6-8(2)9-7-10(12-13-9)11(3,4)5/h7-8H,6H2,1-5H3. The summed E-state index contributed by atoms with van der Waals surface area (Å²) in [6, 6.07) is 2.08. The van der Waals surface area contributed by atoms with E-state index in [1.165, 1.54) is 0 Å². The molecule has 0 aliphatic carbocycles. The maximum atomic E-state index is 5.29. The van der Waals surface area contributed by atoms with Crippen molar-refractivity contribution in [2.24, 2.45) is 0 Å². The van der Waals surface area contributed by atoms with E-state index in [2.05, 4.69) is 45.8 Å². The van der Waals surface area contributed by atoms with E-state index in [0.717, 1.165) is 17.9 Å². The van der Waals surface area contributed by atoms with Crippen molar-refractivity contribution in [2.75, 3.05) is 0 Å². The Balaban J connectivity index is 2.87. The SMILES string of the molecule is CCC(C)c1cc(C(C)(C)C)no1. The van der Waals surface area contributed by atoms with Gasteiger partial charge in [-0.2, -0.15) is 0 Å². The van der Waals surface area contributed by atoms with Crippen LogP contribution >= 0.6 is 0 Å². The molecule has 0 aromatic carbocycles. The van der Waals surface area contributed by atoms with Gasteiger partial charge in [-0.3, -0.25) is 0 Å². The average molecular weight is 181 g/mol. The molecule has 0 spiro atoms. The van der Waals surface area contributed by atoms with E-state index >= 15 is 0 Å². The molecule has 0 aliphatic heterocycles. The maximum absolute atomic E-state index is 5.29. The van der Waals surface area contributed by atoms with Crippen LogP contribution < -0.4 is 0 Å². The molecule has 1 heterocycles. The second-order valence-corrected chi connectivity index (χ2v) is 4.67. The van der Waals surface area contributed by atoms with Gasteiger partial charge in [-0.15, -0.1) is 0 Å². The normalized spacial score (nSPS) is 14.5. The van der Waals surface area contributed by atoms with E-state index in [-0.39, 0.29) is 5.41 Å². The second-order valence-electron chi connectivity index (χ2n) is 4.67. The molecule has 1 atom stereocenters. The van der Waals surface area contributed by atoms with E-state index < -0.39 is 0 Å². The third kappa shape index (κ3) is 2.33. The maximum Gasteiger partial charge on any atom is 0.139 e. The van der Waals surface area contributed by atoms with Crippen LogP contribution in [0.5, 0.6) is 0 Å². The van der Waals surface area contributed by atoms with E-state index in [1.807, 2.05) is 0 Å². The summed E-state index contributed by atoms with van der Waals surface area (Å²) in [6.45, 7) is 10.7. The summed E-state index contributed by atoms with van der Waals surface area (Å²) in [7, 11) is 0. The monoisotopic (exact) mass is 181 g/mol. The summed E-state index contributed by atoms with van der Waals surface area (Å²) in [5.74, 6) is 1.48. The van der Waals surface area contributed by atoms with Gasteiger partial charge in [0.25, 0.3) is 0 Å². The second kappa shape index (κ2) is 3.52. The summed E-state index contributed by atoms with van der Waals surface area (Å²) in [5.41, 5.74) is 1.14. The molecule has 1 rings (SSSR count). The predicted molar refractivity (Wildman–Crippen MR) is 53.9 cm³/mol. The van der Waals surface area contributed by atoms with Crippen molar-refractivity contribution in [3.05, 3.63) is 17.5 Å². The Morgan fingerprint density at radius 2 is 2.08 bits per heavy atom. The van der Waals surface area contributed by atoms with Gasteiger partial charge in [0.2, 0.25) is 0 Å². The largest absolute Gasteiger partial charge is 0.361 e. The van der Waals surface area contributed by atoms with Gasteiger partial charge >= 0.3 is 0 Å². The van der Waals surface area contributed by atoms with Gasteiger partial charge in [0.15, 0.2) is 0 Å². The van der Waals surface area contributed by atoms with Crippen LogP contribution in [0.3, 0.4) is 0 Å². The van der Waals surface area contributed by atoms with Crippen LogP contribution in [0.25, 0.3) is 0 Å². The fraction of sp³-hybridized carbons (Fsp3) is 0.727. The highest BCUT2D eigenvalue weighted by atomic mass is 16.5. The minimum Gasteiger partial charge on any atom is -0.361 e. The molecule has 0 bridgehead atoms. The quantitative estimate of drug-likeness (QED) is 0.698. The Morgan fingerprint density at radius 1 is 1.46 bits per heavy atom. The molecule has 13 heavy (non-hydrogen) atoms. The smallest absolute Gasteiger partial charge is 0.139 e. The van der Waals surface area contributed by atoms with E-state index in [0.29, 0.717) is 5.92 Å². The molecule has 0 radical (unpaired) electrons. The summed E-state index contributed by atoms with van der Waals surface area (Å²) in [5, 5.41) is 4.08. The fourth-order valence-corrected chi connectivity index (χ4v) is 1.08. The molecule has 74 valence electrons. The average Bonchev–Trinajstić information content (AvgIpc) is 2.50. The molecule has 0 aliphatic rings. The Hall–Kier alpha value is -0.790. The van der Waals surface area contributed by atoms with Gasteiger partial charge < -0.3 is 4.52 Å². The van der Waals surface area contributed by atoms with Crippen LogP contribution in [0, 0.1) is 0 Å². The van der Waals surface area contributed by atoms with Crippen molar-refractivity contribution in [1.29, 1.82) is 0 Å². The summed E-state index contributed by atoms with van der Waals surface area (Å²) >= 11 is 0. The molecular formula is C11H19NO. The molecule has 1 aromatic heterocycles. The number of nitrogens with zero attached hydrogens (tertiary/aromatic N) is 1. The topological polar surface area (TPSA) is 26.0 Å². The van der Waals surface area contributed by atoms with Gasteiger partial charge in [-0.25, -0.2) is 0 Å². The van der Waals surface area contributed by atoms with Crippen molar-refractivity contribution in [3.8, 4) is 0 Å². The summed E-state index contributed by atoms with van der Waals surface area (Å²) in [4.78, 5) is 0. The molecule has 1 aromatic rings. The molecule has 0 fully saturated rings. The highest BCUT2D eigenvalue weighted by Gasteiger charge is 2.20. The summed E-state index contributed by atoms with van der Waals surface area (Å²) in [6.07, 6.45) is 1.10. The van der Waals surface area contributed by atoms with Crippen molar-refractivity contribution in [3.63, 3.8) is 0 Å². The lowest BCUT2D eigenvalue weighted by Crippen LogP contribution is -2.11. The van der Waals surface area contributed by atoms with Crippen molar-refractivity contribution in [2.45, 2.75) is 52.4 Å². The van der Waals surface area contributed by atoms with Crippen molar-refractivity contribution < 1.29 is 4.52 Å². The first-order valence-corrected chi connectivity index (χ1v) is 4.92. The Bertz CT molecular complexity index is 270. The van der Waals surface area contributed by atoms with Gasteiger partial charge in [-0.05, 0) is 6.42 Å². The predicted octanol–water partition coefficient (Wildman–Crippen LogP) is 3.49. The molecule has 0 amide bonds. The van der Waals surface area contributed by atoms with Gasteiger partial charge in [0.1, 0.15) is 5.76 Å². The van der Waals surface area contributed by atoms with Crippen molar-refractivity contribution in [1.82, 2.24) is 5.16 Å². The fourth-order valence-electron chi connectivity index (χ4n) is 1.08. The first-order valence-electron chi connectivity index (χ1n) is 4.92. The highest BCUT2D eigenvalue weighted by Crippen LogP contribution is 2.26. The highest BCUT2D eigenvalue weighted by molar-refractivity contribution is 5.15. The Morgan fingerprint density at radius 3 is 2.46 bits per heavy atom. The van der Waals surface area contributed by atoms with Crippen LogP contribution in [0.2, 0.25) is 0 Å². The molecular weight excluding hydrogens is 162 g/mol. The van der Waals surface area contributed by atoms with Crippen LogP contribution in [-0.4, -0.2) is 5.16 Å². The lowest BCUT2D eigenvalue weighted by Gasteiger charge is -2.12. The lowest BCUT2D eigenvalue weighted by molar-refractivity contribution is 0.348. The Labute approximate surface area is 80.3 Å². The minimum atomic E-state index is 0.0925. The first-order chi connectivity index (χ1) is 5.95. The van der Waals surface area contributed by atoms with E-state index in [1.54, 1.807) is 0 Å². The lowest BCUT2D eigenvalue weighted by atomic mass is 9.91. The molecule has 1 unspecified atom stereocenters. The number of hydrogen-bond acceptors (Lipinski definition) is 2. The minimum absolute atomic E-state index is 0.0925. The molecule has 2 nitrogen and oxygen atoms in total. The van der Waals surface area contributed by atoms with E-state index in [9.17, 15) is 0 Å². The Kier molecular flexibility index (Phi) is 2.79. The number of aromatic nitrogens is 1. The van der Waals surface area contributed by atoms with Crippen LogP contribution in [-0.2, 0) is 5.41 Å². The van der Waals surface area contributed by atoms with Gasteiger partial charge in [0.05, 0.1) is 5.69 Å². The van der Waals surface area contributed by atoms with Crippen LogP contribution in [0.1, 0.15) is 58.4 Å².